The zero-order valence-electron chi connectivity index (χ0n) is 75.7. The van der Waals surface area contributed by atoms with Crippen LogP contribution in [0, 0.1) is 0 Å². The maximum atomic E-state index is 13.9. The Kier molecular flexibility index (Phi) is 42.3. The summed E-state index contributed by atoms with van der Waals surface area (Å²) in [5, 5.41) is 8.53. The van der Waals surface area contributed by atoms with E-state index in [0.717, 1.165) is 118 Å². The minimum absolute atomic E-state index is 0.799. The Balaban J connectivity index is 1.50. The highest BCUT2D eigenvalue weighted by Crippen LogP contribution is 2.45. The van der Waals surface area contributed by atoms with Gasteiger partial charge in [0.15, 0.2) is 129 Å². The van der Waals surface area contributed by atoms with E-state index in [4.69, 9.17) is 196 Å². The number of hydrogen-bond donors (Lipinski definition) is 0. The lowest BCUT2D eigenvalue weighted by Gasteiger charge is -2.52. The van der Waals surface area contributed by atoms with Crippen LogP contribution in [-0.2, 0) is 228 Å². The number of aliphatic imine (C=N–C) groups is 4. The van der Waals surface area contributed by atoms with Crippen LogP contribution in [0.25, 0.3) is 0 Å². The summed E-state index contributed by atoms with van der Waals surface area (Å²) in [4.78, 5) is 250. The van der Waals surface area contributed by atoms with E-state index >= 15 is 0 Å². The molecule has 136 heavy (non-hydrogen) atoms. The van der Waals surface area contributed by atoms with Crippen molar-refractivity contribution >= 4 is 171 Å². The molecule has 14 bridgehead atoms. The monoisotopic (exact) mass is 2010 g/mol. The van der Waals surface area contributed by atoms with E-state index in [1.54, 1.807) is 0 Å². The molecule has 0 saturated carbocycles. The lowest BCUT2D eigenvalue weighted by Crippen LogP contribution is -2.70. The van der Waals surface area contributed by atoms with E-state index in [-0.39, 0.29) is 0 Å². The van der Waals surface area contributed by atoms with Gasteiger partial charge >= 0.3 is 101 Å². The summed E-state index contributed by atoms with van der Waals surface area (Å²) in [5.41, 5.74) is 0. The van der Waals surface area contributed by atoms with Gasteiger partial charge in [0.1, 0.15) is 105 Å². The Morgan fingerprint density at radius 3 is 0.419 bits per heavy atom. The Labute approximate surface area is 794 Å². The Morgan fingerprint density at radius 2 is 0.301 bits per heavy atom. The molecular formula is C80H100N4O48S4. The summed E-state index contributed by atoms with van der Waals surface area (Å²) in [6.45, 7) is 8.30. The number of carbonyl (C=O) groups is 17. The van der Waals surface area contributed by atoms with Crippen molar-refractivity contribution in [3.8, 4) is 0 Å². The molecule has 0 aliphatic carbocycles. The van der Waals surface area contributed by atoms with Crippen molar-refractivity contribution < 1.29 is 228 Å². The fourth-order valence-electron chi connectivity index (χ4n) is 15.7. The zero-order valence-corrected chi connectivity index (χ0v) is 78.9. The van der Waals surface area contributed by atoms with Crippen molar-refractivity contribution in [2.75, 3.05) is 46.0 Å². The van der Waals surface area contributed by atoms with Gasteiger partial charge in [0.25, 0.3) is 0 Å². The fraction of sp³-hybridized carbons (Fsp3) is 0.738. The summed E-state index contributed by atoms with van der Waals surface area (Å²) in [6.07, 6.45) is -76.9. The third-order valence-electron chi connectivity index (χ3n) is 20.1. The predicted molar refractivity (Wildman–Crippen MR) is 442 cm³/mol. The van der Waals surface area contributed by atoms with Crippen molar-refractivity contribution in [1.82, 2.24) is 0 Å². The molecule has 0 aromatic carbocycles. The van der Waals surface area contributed by atoms with E-state index in [1.807, 2.05) is 0 Å². The van der Waals surface area contributed by atoms with Crippen LogP contribution in [0.2, 0.25) is 0 Å². The molecule has 0 aromatic rings. The van der Waals surface area contributed by atoms with Crippen molar-refractivity contribution in [2.45, 2.75) is 333 Å². The van der Waals surface area contributed by atoms with E-state index in [1.165, 1.54) is 0 Å². The van der Waals surface area contributed by atoms with Crippen LogP contribution in [0.4, 0.5) is 0 Å². The maximum Gasteiger partial charge on any atom is 0.303 e. The summed E-state index contributed by atoms with van der Waals surface area (Å²) in [6, 6.07) is 0. The average Bonchev–Trinajstić information content (AvgIpc) is 0.770. The molecule has 0 amide bonds. The molecule has 52 nitrogen and oxygen atoms in total. The lowest BCUT2D eigenvalue weighted by molar-refractivity contribution is -0.394. The third-order valence-corrected chi connectivity index (χ3v) is 20.6. The second kappa shape index (κ2) is 51.9. The number of carbonyl (C=O) groups excluding carboxylic acids is 17. The highest BCUT2D eigenvalue weighted by atomic mass is 32.1. The van der Waals surface area contributed by atoms with Crippen LogP contribution in [0.1, 0.15) is 118 Å². The number of rotatable bonds is 28. The first kappa shape index (κ1) is 111. The van der Waals surface area contributed by atoms with Gasteiger partial charge in [0.2, 0.25) is 0 Å². The normalized spacial score (nSPS) is 35.2. The predicted octanol–water partition coefficient (Wildman–Crippen LogP) is -1.09. The van der Waals surface area contributed by atoms with Crippen molar-refractivity contribution in [1.29, 1.82) is 0 Å². The number of isothiocyanates is 4. The Bertz CT molecular complexity index is 4420. The minimum Gasteiger partial charge on any atom is -0.463 e. The summed E-state index contributed by atoms with van der Waals surface area (Å²) in [5.74, 6) is -20.6. The van der Waals surface area contributed by atoms with Gasteiger partial charge in [-0.25, -0.2) is 20.0 Å². The van der Waals surface area contributed by atoms with Gasteiger partial charge in [-0.1, -0.05) is 0 Å². The number of thiocarbonyl (C=S) groups is 4. The first-order valence-electron chi connectivity index (χ1n) is 41.4. The number of ether oxygens (including phenoxy) is 31. The van der Waals surface area contributed by atoms with Crippen LogP contribution >= 0.6 is 48.9 Å². The summed E-state index contributed by atoms with van der Waals surface area (Å²) >= 11 is 20.1. The zero-order chi connectivity index (χ0) is 101. The van der Waals surface area contributed by atoms with E-state index in [2.05, 4.69) is 40.6 Å². The minimum atomic E-state index is -2.36. The van der Waals surface area contributed by atoms with Crippen molar-refractivity contribution in [2.24, 2.45) is 20.0 Å². The van der Waals surface area contributed by atoms with Gasteiger partial charge in [0.05, 0.1) is 46.8 Å². The van der Waals surface area contributed by atoms with Crippen LogP contribution in [0.5, 0.6) is 0 Å². The van der Waals surface area contributed by atoms with Crippen LogP contribution in [-0.4, -0.2) is 383 Å². The molecule has 752 valence electrons. The first-order valence-corrected chi connectivity index (χ1v) is 43.0. The molecule has 21 heterocycles. The van der Waals surface area contributed by atoms with Gasteiger partial charge in [-0.15, -0.1) is 0 Å². The highest BCUT2D eigenvalue weighted by molar-refractivity contribution is 7.78. The summed E-state index contributed by atoms with van der Waals surface area (Å²) < 4.78 is 194. The summed E-state index contributed by atoms with van der Waals surface area (Å²) in [7, 11) is 0. The Hall–Kier alpha value is -10.4. The number of nitrogens with zero attached hydrogens (tertiary/aromatic N) is 4. The molecular weight excluding hydrogens is 1910 g/mol. The molecule has 0 spiro atoms. The molecule has 21 aliphatic heterocycles. The van der Waals surface area contributed by atoms with E-state index in [9.17, 15) is 81.5 Å². The lowest BCUT2D eigenvalue weighted by atomic mass is 9.94. The SMILES string of the molecule is CC(=O)OCC1OC2OC3C(CN=C=S)OC(OC4C(CN=C=S)OC(OC5C(COC(C)=O)OC(OC6C(CN=C=S)OC(OC7C(COC(C)=O)OC(OC8C(CN=C=S)OC(OC1C(OC(C)=O)C2OC(C)=O)C(OC(C)=O)C8OC(C)=O)C(OC(C)=O)C7OC(C)=O)C(OC(C)=O)C6OC(C)=O)C(OC(C)=O)C5OC(C)=O)C(OC(C)=O)C4OC(C)=O)C(OC(C)=O)C3OC(C)=O. The maximum absolute atomic E-state index is 13.9. The molecule has 21 saturated heterocycles. The molecule has 0 aromatic heterocycles. The highest BCUT2D eigenvalue weighted by Gasteiger charge is 2.66. The molecule has 0 radical (unpaired) electrons. The van der Waals surface area contributed by atoms with Gasteiger partial charge in [-0.05, 0) is 48.9 Å². The molecule has 21 aliphatic rings. The molecule has 35 unspecified atom stereocenters. The topological polar surface area (TPSA) is 626 Å². The molecule has 21 rings (SSSR count). The second-order valence-corrected chi connectivity index (χ2v) is 31.4. The van der Waals surface area contributed by atoms with Gasteiger partial charge < -0.3 is 147 Å². The fourth-order valence-corrected chi connectivity index (χ4v) is 16.0. The molecule has 56 heteroatoms. The number of esters is 17. The Morgan fingerprint density at radius 1 is 0.184 bits per heavy atom. The van der Waals surface area contributed by atoms with Gasteiger partial charge in [-0.3, -0.25) is 81.5 Å². The van der Waals surface area contributed by atoms with Crippen LogP contribution < -0.4 is 0 Å². The van der Waals surface area contributed by atoms with Crippen molar-refractivity contribution in [3.05, 3.63) is 0 Å². The van der Waals surface area contributed by atoms with Gasteiger partial charge in [0, 0.05) is 118 Å². The largest absolute Gasteiger partial charge is 0.463 e. The molecule has 35 atom stereocenters. The quantitative estimate of drug-likeness (QED) is 0.0389. The van der Waals surface area contributed by atoms with Gasteiger partial charge in [-0.2, -0.15) is 0 Å². The number of hydrogen-bond acceptors (Lipinski definition) is 56. The van der Waals surface area contributed by atoms with Crippen LogP contribution in [0.15, 0.2) is 20.0 Å². The third kappa shape index (κ3) is 31.1. The van der Waals surface area contributed by atoms with E-state index < -0.39 is 362 Å². The smallest absolute Gasteiger partial charge is 0.303 e. The average molecular weight is 2010 g/mol. The van der Waals surface area contributed by atoms with E-state index in [0.29, 0.717) is 0 Å². The van der Waals surface area contributed by atoms with Crippen LogP contribution in [0.3, 0.4) is 0 Å². The second-order valence-electron chi connectivity index (χ2n) is 30.7. The standard InChI is InChI=1S/C80H100N4O48S4/c1-29(85)102-22-50-57-64(109-36(8)92)72(117-44(16)100)79(124-50)128-55-48(20-83-27-135)122-77(70(115-42(14)98)62(55)107-34(6)90)132-59-52(24-104-31(3)87)125-80(73(118-45(17)101)66(59)111-38(10)94)129-56-49(21-84-28-136)121-76(69(114-41(13)97)63(56)108-35(7)91)131-58-51(23-103-30(2)86)123-78(71(116-43(15)99)65(58)110-37(9)93)127-54-47(19-82-26-134)119-74(67(112-39(11)95)61(54)106-33(5)89)126-53-46(18-81-25-133)120-75(130-57)68(113-40(12)96)60(53)105-32(4)88/h46-80H,18-24H2,1-17H3. The van der Waals surface area contributed by atoms with Crippen molar-refractivity contribution in [3.63, 3.8) is 0 Å². The molecule has 21 fully saturated rings. The first-order chi connectivity index (χ1) is 64.2. The molecule has 0 N–H and O–H groups in total.